The molecule has 0 amide bonds. The van der Waals surface area contributed by atoms with Crippen LogP contribution in [0, 0.1) is 53.8 Å². The predicted octanol–water partition coefficient (Wildman–Crippen LogP) is 5.52. The molecular formula is C20H32. The Morgan fingerprint density at radius 2 is 1.65 bits per heavy atom. The molecule has 0 aliphatic heterocycles. The summed E-state index contributed by atoms with van der Waals surface area (Å²) in [7, 11) is 0. The third kappa shape index (κ3) is 2.93. The molecule has 0 heterocycles. The van der Waals surface area contributed by atoms with Crippen molar-refractivity contribution >= 4 is 0 Å². The molecule has 0 saturated heterocycles. The molecule has 3 saturated carbocycles. The van der Waals surface area contributed by atoms with Crippen molar-refractivity contribution in [1.29, 1.82) is 0 Å². The number of hydrogen-bond acceptors (Lipinski definition) is 0. The SMILES string of the molecule is C#CC1CC2CCC2C(C2CC2)CC(CC)CCC1C. The van der Waals surface area contributed by atoms with E-state index >= 15 is 0 Å². The fraction of sp³-hybridized carbons (Fsp3) is 0.900. The molecule has 6 atom stereocenters. The van der Waals surface area contributed by atoms with Crippen molar-refractivity contribution < 1.29 is 0 Å². The van der Waals surface area contributed by atoms with Crippen molar-refractivity contribution in [3.05, 3.63) is 0 Å². The van der Waals surface area contributed by atoms with Crippen LogP contribution in [0.15, 0.2) is 0 Å². The van der Waals surface area contributed by atoms with Gasteiger partial charge in [-0.15, -0.1) is 12.3 Å². The Labute approximate surface area is 126 Å². The molecule has 20 heavy (non-hydrogen) atoms. The molecule has 3 fully saturated rings. The van der Waals surface area contributed by atoms with Crippen molar-refractivity contribution in [1.82, 2.24) is 0 Å². The Kier molecular flexibility index (Phi) is 4.44. The summed E-state index contributed by atoms with van der Waals surface area (Å²) in [6.45, 7) is 4.81. The van der Waals surface area contributed by atoms with Crippen molar-refractivity contribution in [2.45, 2.75) is 71.6 Å². The average Bonchev–Trinajstić information content (AvgIpc) is 3.25. The maximum atomic E-state index is 5.86. The molecule has 3 aliphatic carbocycles. The van der Waals surface area contributed by atoms with Crippen molar-refractivity contribution in [3.63, 3.8) is 0 Å². The second kappa shape index (κ2) is 6.13. The zero-order valence-electron chi connectivity index (χ0n) is 13.5. The standard InChI is InChI=1S/C20H32/c1-4-15-7-6-14(3)16(5-2)13-18-10-11-19(18)20(12-15)17-8-9-17/h2,14-20H,4,6-13H2,1,3H3. The van der Waals surface area contributed by atoms with Crippen LogP contribution in [0.5, 0.6) is 0 Å². The van der Waals surface area contributed by atoms with Crippen molar-refractivity contribution in [3.8, 4) is 12.3 Å². The third-order valence-electron chi connectivity index (χ3n) is 6.92. The van der Waals surface area contributed by atoms with Crippen LogP contribution in [0.3, 0.4) is 0 Å². The summed E-state index contributed by atoms with van der Waals surface area (Å²) >= 11 is 0. The van der Waals surface area contributed by atoms with Gasteiger partial charge in [-0.1, -0.05) is 26.7 Å². The highest BCUT2D eigenvalue weighted by atomic mass is 14.5. The van der Waals surface area contributed by atoms with E-state index in [0.29, 0.717) is 5.92 Å². The number of terminal acetylenes is 1. The highest BCUT2D eigenvalue weighted by Crippen LogP contribution is 2.54. The van der Waals surface area contributed by atoms with Gasteiger partial charge >= 0.3 is 0 Å². The van der Waals surface area contributed by atoms with Gasteiger partial charge in [-0.05, 0) is 80.5 Å². The van der Waals surface area contributed by atoms with Gasteiger partial charge in [-0.25, -0.2) is 0 Å². The van der Waals surface area contributed by atoms with Crippen LogP contribution < -0.4 is 0 Å². The summed E-state index contributed by atoms with van der Waals surface area (Å²) in [5, 5.41) is 0. The van der Waals surface area contributed by atoms with Gasteiger partial charge in [-0.3, -0.25) is 0 Å². The second-order valence-electron chi connectivity index (χ2n) is 8.08. The van der Waals surface area contributed by atoms with E-state index in [4.69, 9.17) is 6.42 Å². The molecule has 0 N–H and O–H groups in total. The first kappa shape index (κ1) is 14.5. The Morgan fingerprint density at radius 3 is 2.20 bits per heavy atom. The van der Waals surface area contributed by atoms with E-state index < -0.39 is 0 Å². The van der Waals surface area contributed by atoms with Gasteiger partial charge < -0.3 is 0 Å². The van der Waals surface area contributed by atoms with Gasteiger partial charge in [0, 0.05) is 5.92 Å². The van der Waals surface area contributed by atoms with E-state index in [2.05, 4.69) is 19.8 Å². The summed E-state index contributed by atoms with van der Waals surface area (Å²) in [5.41, 5.74) is 0. The smallest absolute Gasteiger partial charge is 0.0228 e. The minimum atomic E-state index is 0.554. The zero-order chi connectivity index (χ0) is 14.1. The number of fused-ring (bicyclic) bond motifs is 1. The van der Waals surface area contributed by atoms with Crippen LogP contribution in [0.1, 0.15) is 71.6 Å². The van der Waals surface area contributed by atoms with Crippen LogP contribution in [-0.2, 0) is 0 Å². The minimum absolute atomic E-state index is 0.554. The lowest BCUT2D eigenvalue weighted by Crippen LogP contribution is -2.37. The quantitative estimate of drug-likeness (QED) is 0.580. The average molecular weight is 272 g/mol. The number of rotatable bonds is 2. The van der Waals surface area contributed by atoms with E-state index in [9.17, 15) is 0 Å². The lowest BCUT2D eigenvalue weighted by molar-refractivity contribution is 0.0454. The van der Waals surface area contributed by atoms with E-state index in [0.717, 1.165) is 35.5 Å². The summed E-state index contributed by atoms with van der Waals surface area (Å²) in [6, 6.07) is 0. The molecule has 3 aliphatic rings. The topological polar surface area (TPSA) is 0 Å². The molecule has 0 radical (unpaired) electrons. The highest BCUT2D eigenvalue weighted by molar-refractivity contribution is 5.01. The van der Waals surface area contributed by atoms with Crippen molar-refractivity contribution in [2.24, 2.45) is 41.4 Å². The van der Waals surface area contributed by atoms with Gasteiger partial charge in [0.15, 0.2) is 0 Å². The van der Waals surface area contributed by atoms with Crippen LogP contribution in [-0.4, -0.2) is 0 Å². The lowest BCUT2D eigenvalue weighted by Gasteiger charge is -2.46. The summed E-state index contributed by atoms with van der Waals surface area (Å²) in [5.74, 6) is 9.58. The summed E-state index contributed by atoms with van der Waals surface area (Å²) < 4.78 is 0. The predicted molar refractivity (Wildman–Crippen MR) is 86.2 cm³/mol. The minimum Gasteiger partial charge on any atom is -0.120 e. The van der Waals surface area contributed by atoms with E-state index in [1.54, 1.807) is 0 Å². The molecule has 0 aromatic carbocycles. The van der Waals surface area contributed by atoms with Gasteiger partial charge in [0.05, 0.1) is 0 Å². The Morgan fingerprint density at radius 1 is 0.900 bits per heavy atom. The first-order valence-electron chi connectivity index (χ1n) is 9.19. The molecule has 0 aromatic heterocycles. The monoisotopic (exact) mass is 272 g/mol. The first-order chi connectivity index (χ1) is 9.72. The second-order valence-corrected chi connectivity index (χ2v) is 8.08. The van der Waals surface area contributed by atoms with Gasteiger partial charge in [-0.2, -0.15) is 0 Å². The molecular weight excluding hydrogens is 240 g/mol. The van der Waals surface area contributed by atoms with E-state index in [1.165, 1.54) is 57.8 Å². The van der Waals surface area contributed by atoms with Crippen LogP contribution >= 0.6 is 0 Å². The van der Waals surface area contributed by atoms with Crippen LogP contribution in [0.25, 0.3) is 0 Å². The molecule has 3 rings (SSSR count). The fourth-order valence-electron chi connectivity index (χ4n) is 5.06. The van der Waals surface area contributed by atoms with Crippen LogP contribution in [0.2, 0.25) is 0 Å². The largest absolute Gasteiger partial charge is 0.120 e. The maximum absolute atomic E-state index is 5.86. The molecule has 112 valence electrons. The molecule has 0 nitrogen and oxygen atoms in total. The summed E-state index contributed by atoms with van der Waals surface area (Å²) in [6.07, 6.45) is 18.9. The maximum Gasteiger partial charge on any atom is 0.0228 e. The van der Waals surface area contributed by atoms with Gasteiger partial charge in [0.2, 0.25) is 0 Å². The molecule has 6 unspecified atom stereocenters. The fourth-order valence-corrected chi connectivity index (χ4v) is 5.06. The zero-order valence-corrected chi connectivity index (χ0v) is 13.5. The molecule has 0 bridgehead atoms. The Bertz CT molecular complexity index is 359. The first-order valence-corrected chi connectivity index (χ1v) is 9.19. The highest BCUT2D eigenvalue weighted by Gasteiger charge is 2.45. The lowest BCUT2D eigenvalue weighted by atomic mass is 9.59. The van der Waals surface area contributed by atoms with Gasteiger partial charge in [0.1, 0.15) is 0 Å². The molecule has 0 spiro atoms. The Hall–Kier alpha value is -0.440. The number of hydrogen-bond donors (Lipinski definition) is 0. The third-order valence-corrected chi connectivity index (χ3v) is 6.92. The molecule has 0 heteroatoms. The summed E-state index contributed by atoms with van der Waals surface area (Å²) in [4.78, 5) is 0. The van der Waals surface area contributed by atoms with Crippen molar-refractivity contribution in [2.75, 3.05) is 0 Å². The van der Waals surface area contributed by atoms with E-state index in [-0.39, 0.29) is 0 Å². The Balaban J connectivity index is 1.75. The van der Waals surface area contributed by atoms with E-state index in [1.807, 2.05) is 0 Å². The normalized spacial score (nSPS) is 45.9. The molecule has 0 aromatic rings. The van der Waals surface area contributed by atoms with Crippen LogP contribution in [0.4, 0.5) is 0 Å². The van der Waals surface area contributed by atoms with Gasteiger partial charge in [0.25, 0.3) is 0 Å².